The van der Waals surface area contributed by atoms with Crippen molar-refractivity contribution in [1.82, 2.24) is 20.1 Å². The molecule has 0 atom stereocenters. The highest BCUT2D eigenvalue weighted by atomic mass is 16.5. The van der Waals surface area contributed by atoms with Gasteiger partial charge in [0.2, 0.25) is 5.89 Å². The van der Waals surface area contributed by atoms with Crippen LogP contribution in [0.1, 0.15) is 37.3 Å². The molecule has 0 N–H and O–H groups in total. The van der Waals surface area contributed by atoms with Crippen LogP contribution in [0.3, 0.4) is 0 Å². The predicted molar refractivity (Wildman–Crippen MR) is 74.6 cm³/mol. The van der Waals surface area contributed by atoms with Crippen molar-refractivity contribution in [3.05, 3.63) is 29.8 Å². The zero-order chi connectivity index (χ0) is 14.2. The van der Waals surface area contributed by atoms with Crippen LogP contribution in [-0.4, -0.2) is 33.2 Å². The number of hydrogen-bond acceptors (Lipinski definition) is 6. The third-order valence-corrected chi connectivity index (χ3v) is 4.00. The maximum atomic E-state index is 5.36. The predicted octanol–water partition coefficient (Wildman–Crippen LogP) is 2.03. The smallest absolute Gasteiger partial charge is 0.232 e. The zero-order valence-corrected chi connectivity index (χ0v) is 12.1. The van der Waals surface area contributed by atoms with Gasteiger partial charge in [0, 0.05) is 19.3 Å². The molecule has 6 heteroatoms. The lowest BCUT2D eigenvalue weighted by Gasteiger charge is -2.37. The minimum Gasteiger partial charge on any atom is -0.356 e. The van der Waals surface area contributed by atoms with Crippen LogP contribution < -0.4 is 4.90 Å². The van der Waals surface area contributed by atoms with Crippen LogP contribution in [0.5, 0.6) is 0 Å². The van der Waals surface area contributed by atoms with Crippen LogP contribution in [0.4, 0.5) is 5.82 Å². The summed E-state index contributed by atoms with van der Waals surface area (Å²) in [6.07, 6.45) is 3.78. The van der Waals surface area contributed by atoms with E-state index in [0.29, 0.717) is 5.82 Å². The van der Waals surface area contributed by atoms with Gasteiger partial charge in [0.1, 0.15) is 11.6 Å². The number of aromatic nitrogens is 4. The van der Waals surface area contributed by atoms with Gasteiger partial charge in [-0.1, -0.05) is 12.1 Å². The molecule has 3 rings (SSSR count). The molecular weight excluding hydrogens is 254 g/mol. The Kier molecular flexibility index (Phi) is 3.16. The molecule has 0 amide bonds. The van der Waals surface area contributed by atoms with E-state index in [2.05, 4.69) is 31.9 Å². The molecule has 106 valence electrons. The van der Waals surface area contributed by atoms with Gasteiger partial charge in [-0.15, -0.1) is 0 Å². The van der Waals surface area contributed by atoms with Gasteiger partial charge in [0.15, 0.2) is 5.82 Å². The summed E-state index contributed by atoms with van der Waals surface area (Å²) in [5, 5.41) is 3.91. The van der Waals surface area contributed by atoms with Crippen LogP contribution in [-0.2, 0) is 5.41 Å². The number of aryl methyl sites for hydroxylation is 2. The monoisotopic (exact) mass is 273 g/mol. The highest BCUT2D eigenvalue weighted by molar-refractivity contribution is 5.38. The van der Waals surface area contributed by atoms with Crippen molar-refractivity contribution >= 4 is 5.82 Å². The van der Waals surface area contributed by atoms with Crippen molar-refractivity contribution in [2.24, 2.45) is 0 Å². The van der Waals surface area contributed by atoms with Gasteiger partial charge in [0.25, 0.3) is 0 Å². The Morgan fingerprint density at radius 2 is 1.90 bits per heavy atom. The fraction of sp³-hybridized carbons (Fsp3) is 0.571. The van der Waals surface area contributed by atoms with Gasteiger partial charge in [-0.05, 0) is 32.8 Å². The van der Waals surface area contributed by atoms with Crippen molar-refractivity contribution in [2.45, 2.75) is 39.0 Å². The second-order valence-corrected chi connectivity index (χ2v) is 5.66. The van der Waals surface area contributed by atoms with Crippen LogP contribution in [0, 0.1) is 13.8 Å². The molecule has 2 aromatic rings. The molecular formula is C14H19N5O. The van der Waals surface area contributed by atoms with E-state index < -0.39 is 0 Å². The molecule has 1 saturated heterocycles. The van der Waals surface area contributed by atoms with Gasteiger partial charge < -0.3 is 9.42 Å². The van der Waals surface area contributed by atoms with E-state index in [0.717, 1.165) is 43.5 Å². The molecule has 0 unspecified atom stereocenters. The number of rotatable bonds is 2. The van der Waals surface area contributed by atoms with E-state index in [9.17, 15) is 0 Å². The van der Waals surface area contributed by atoms with Crippen LogP contribution >= 0.6 is 0 Å². The van der Waals surface area contributed by atoms with E-state index in [-0.39, 0.29) is 5.41 Å². The zero-order valence-electron chi connectivity index (χ0n) is 12.1. The van der Waals surface area contributed by atoms with Crippen LogP contribution in [0.2, 0.25) is 0 Å². The van der Waals surface area contributed by atoms with E-state index in [1.165, 1.54) is 0 Å². The van der Waals surface area contributed by atoms with E-state index in [4.69, 9.17) is 4.52 Å². The number of hydrogen-bond donors (Lipinski definition) is 0. The number of piperidine rings is 1. The molecule has 0 spiro atoms. The van der Waals surface area contributed by atoms with E-state index in [1.807, 2.05) is 26.1 Å². The Hall–Kier alpha value is -1.98. The minimum absolute atomic E-state index is 0.0279. The number of nitrogens with zero attached hydrogens (tertiary/aromatic N) is 5. The second-order valence-electron chi connectivity index (χ2n) is 5.66. The molecule has 2 aromatic heterocycles. The Labute approximate surface area is 118 Å². The summed E-state index contributed by atoms with van der Waals surface area (Å²) in [6.45, 7) is 7.85. The normalized spacial score (nSPS) is 18.2. The molecule has 0 radical (unpaired) electrons. The lowest BCUT2D eigenvalue weighted by molar-refractivity contribution is 0.252. The molecule has 0 aliphatic carbocycles. The van der Waals surface area contributed by atoms with Crippen molar-refractivity contribution in [1.29, 1.82) is 0 Å². The molecule has 3 heterocycles. The van der Waals surface area contributed by atoms with Crippen molar-refractivity contribution in [3.63, 3.8) is 0 Å². The fourth-order valence-electron chi connectivity index (χ4n) is 2.61. The molecule has 20 heavy (non-hydrogen) atoms. The summed E-state index contributed by atoms with van der Waals surface area (Å²) in [5.74, 6) is 3.27. The second kappa shape index (κ2) is 4.85. The lowest BCUT2D eigenvalue weighted by atomic mass is 9.80. The van der Waals surface area contributed by atoms with Crippen molar-refractivity contribution in [2.75, 3.05) is 18.0 Å². The van der Waals surface area contributed by atoms with Gasteiger partial charge >= 0.3 is 0 Å². The maximum absolute atomic E-state index is 5.36. The summed E-state index contributed by atoms with van der Waals surface area (Å²) in [4.78, 5) is 15.3. The first kappa shape index (κ1) is 13.0. The summed E-state index contributed by atoms with van der Waals surface area (Å²) < 4.78 is 5.36. The van der Waals surface area contributed by atoms with Gasteiger partial charge in [-0.2, -0.15) is 4.98 Å². The third-order valence-electron chi connectivity index (χ3n) is 4.00. The quantitative estimate of drug-likeness (QED) is 0.834. The number of anilines is 1. The first-order chi connectivity index (χ1) is 9.57. The van der Waals surface area contributed by atoms with Gasteiger partial charge in [-0.25, -0.2) is 9.97 Å². The van der Waals surface area contributed by atoms with Gasteiger partial charge in [0.05, 0.1) is 5.41 Å². The third kappa shape index (κ3) is 2.37. The largest absolute Gasteiger partial charge is 0.356 e. The Morgan fingerprint density at radius 3 is 2.50 bits per heavy atom. The minimum atomic E-state index is -0.0279. The summed E-state index contributed by atoms with van der Waals surface area (Å²) >= 11 is 0. The fourth-order valence-corrected chi connectivity index (χ4v) is 2.61. The summed E-state index contributed by atoms with van der Waals surface area (Å²) in [7, 11) is 0. The average molecular weight is 273 g/mol. The molecule has 0 saturated carbocycles. The molecule has 0 bridgehead atoms. The van der Waals surface area contributed by atoms with Crippen LogP contribution in [0.25, 0.3) is 0 Å². The van der Waals surface area contributed by atoms with E-state index >= 15 is 0 Å². The Bertz CT molecular complexity index is 601. The van der Waals surface area contributed by atoms with Crippen molar-refractivity contribution in [3.8, 4) is 0 Å². The Morgan fingerprint density at radius 1 is 1.15 bits per heavy atom. The maximum Gasteiger partial charge on any atom is 0.232 e. The molecule has 1 aliphatic rings. The summed E-state index contributed by atoms with van der Waals surface area (Å²) in [5.41, 5.74) is -0.0279. The van der Waals surface area contributed by atoms with Crippen LogP contribution in [0.15, 0.2) is 16.8 Å². The van der Waals surface area contributed by atoms with Crippen molar-refractivity contribution < 1.29 is 4.52 Å². The Balaban J connectivity index is 1.73. The van der Waals surface area contributed by atoms with E-state index in [1.54, 1.807) is 0 Å². The molecule has 6 nitrogen and oxygen atoms in total. The summed E-state index contributed by atoms with van der Waals surface area (Å²) in [6, 6.07) is 1.96. The highest BCUT2D eigenvalue weighted by Gasteiger charge is 2.36. The average Bonchev–Trinajstić information content (AvgIpc) is 2.87. The molecule has 1 aliphatic heterocycles. The highest BCUT2D eigenvalue weighted by Crippen LogP contribution is 2.35. The SMILES string of the molecule is Cc1nccc(N2CCC(C)(c3nc(C)no3)CC2)n1. The molecule has 0 aromatic carbocycles. The first-order valence-electron chi connectivity index (χ1n) is 6.92. The topological polar surface area (TPSA) is 67.9 Å². The lowest BCUT2D eigenvalue weighted by Crippen LogP contribution is -2.41. The first-order valence-corrected chi connectivity index (χ1v) is 6.92. The van der Waals surface area contributed by atoms with Gasteiger partial charge in [-0.3, -0.25) is 0 Å². The standard InChI is InChI=1S/C14H19N5O/c1-10-15-7-4-12(16-10)19-8-5-14(3,6-9-19)13-17-11(2)18-20-13/h4,7H,5-6,8-9H2,1-3H3. The molecule has 1 fully saturated rings.